The van der Waals surface area contributed by atoms with Gasteiger partial charge >= 0.3 is 0 Å². The molecule has 3 nitrogen and oxygen atoms in total. The van der Waals surface area contributed by atoms with Crippen LogP contribution in [0.15, 0.2) is 28.7 Å². The lowest BCUT2D eigenvalue weighted by Gasteiger charge is -2.06. The highest BCUT2D eigenvalue weighted by Crippen LogP contribution is 2.22. The van der Waals surface area contributed by atoms with Gasteiger partial charge in [0, 0.05) is 4.47 Å². The number of para-hydroxylation sites is 1. The molecule has 72 valence electrons. The van der Waals surface area contributed by atoms with Gasteiger partial charge in [-0.25, -0.2) is 8.42 Å². The van der Waals surface area contributed by atoms with Crippen molar-refractivity contribution in [3.8, 4) is 0 Å². The monoisotopic (exact) mass is 283 g/mol. The quantitative estimate of drug-likeness (QED) is 0.866. The second kappa shape index (κ2) is 4.30. The Balaban J connectivity index is 2.93. The van der Waals surface area contributed by atoms with E-state index >= 15 is 0 Å². The van der Waals surface area contributed by atoms with E-state index in [-0.39, 0.29) is 0 Å². The van der Waals surface area contributed by atoms with E-state index in [1.165, 1.54) is 0 Å². The van der Waals surface area contributed by atoms with Gasteiger partial charge in [0.15, 0.2) is 0 Å². The molecule has 0 aromatic heterocycles. The molecule has 0 atom stereocenters. The maximum absolute atomic E-state index is 11.1. The van der Waals surface area contributed by atoms with Gasteiger partial charge in [0.05, 0.1) is 5.69 Å². The Morgan fingerprint density at radius 2 is 2.00 bits per heavy atom. The summed E-state index contributed by atoms with van der Waals surface area (Å²) in [6.07, 6.45) is 0. The third-order valence-corrected chi connectivity index (χ3v) is 3.65. The number of alkyl halides is 1. The number of hydrogen-bond acceptors (Lipinski definition) is 2. The van der Waals surface area contributed by atoms with E-state index in [0.717, 1.165) is 0 Å². The van der Waals surface area contributed by atoms with Crippen LogP contribution < -0.4 is 4.72 Å². The summed E-state index contributed by atoms with van der Waals surface area (Å²) in [5.41, 5.74) is 0.489. The van der Waals surface area contributed by atoms with E-state index < -0.39 is 15.2 Å². The molecule has 0 bridgehead atoms. The second-order valence-electron chi connectivity index (χ2n) is 2.31. The summed E-state index contributed by atoms with van der Waals surface area (Å²) in [5, 5.41) is -0.450. The van der Waals surface area contributed by atoms with Gasteiger partial charge in [0.1, 0.15) is 5.21 Å². The molecule has 0 spiro atoms. The maximum atomic E-state index is 11.1. The largest absolute Gasteiger partial charge is 0.281 e. The number of benzene rings is 1. The van der Waals surface area contributed by atoms with Crippen LogP contribution in [0.2, 0.25) is 0 Å². The Hall–Kier alpha value is -0.260. The summed E-state index contributed by atoms with van der Waals surface area (Å²) >= 11 is 8.44. The zero-order valence-electron chi connectivity index (χ0n) is 6.50. The first-order chi connectivity index (χ1) is 6.05. The number of sulfonamides is 1. The minimum atomic E-state index is -3.41. The van der Waals surface area contributed by atoms with Crippen molar-refractivity contribution in [3.63, 3.8) is 0 Å². The van der Waals surface area contributed by atoms with E-state index in [9.17, 15) is 8.42 Å². The summed E-state index contributed by atoms with van der Waals surface area (Å²) in [6, 6.07) is 6.92. The Morgan fingerprint density at radius 3 is 2.54 bits per heavy atom. The lowest BCUT2D eigenvalue weighted by Crippen LogP contribution is -2.13. The van der Waals surface area contributed by atoms with Crippen LogP contribution in [-0.2, 0) is 10.0 Å². The van der Waals surface area contributed by atoms with E-state index in [1.54, 1.807) is 24.3 Å². The first-order valence-electron chi connectivity index (χ1n) is 3.36. The van der Waals surface area contributed by atoms with Gasteiger partial charge in [0.25, 0.3) is 0 Å². The standard InChI is InChI=1S/C7H7BrClNO2S/c8-6-3-1-2-4-7(6)10-13(11,12)5-9/h1-4,10H,5H2. The maximum Gasteiger partial charge on any atom is 0.246 e. The van der Waals surface area contributed by atoms with Gasteiger partial charge in [0.2, 0.25) is 10.0 Å². The molecule has 0 aliphatic heterocycles. The number of nitrogens with one attached hydrogen (secondary N) is 1. The van der Waals surface area contributed by atoms with Gasteiger partial charge in [-0.2, -0.15) is 0 Å². The zero-order valence-corrected chi connectivity index (χ0v) is 9.66. The molecular formula is C7H7BrClNO2S. The molecular weight excluding hydrogens is 278 g/mol. The molecule has 13 heavy (non-hydrogen) atoms. The van der Waals surface area contributed by atoms with Crippen LogP contribution in [0.4, 0.5) is 5.69 Å². The Kier molecular flexibility index (Phi) is 3.58. The van der Waals surface area contributed by atoms with Crippen LogP contribution in [0.3, 0.4) is 0 Å². The van der Waals surface area contributed by atoms with Crippen molar-refractivity contribution in [1.29, 1.82) is 0 Å². The fourth-order valence-electron chi connectivity index (χ4n) is 0.739. The number of anilines is 1. The number of hydrogen-bond donors (Lipinski definition) is 1. The second-order valence-corrected chi connectivity index (χ2v) is 5.47. The highest BCUT2D eigenvalue weighted by atomic mass is 79.9. The van der Waals surface area contributed by atoms with Crippen LogP contribution >= 0.6 is 27.5 Å². The smallest absolute Gasteiger partial charge is 0.246 e. The molecule has 0 aliphatic rings. The van der Waals surface area contributed by atoms with Gasteiger partial charge in [-0.15, -0.1) is 11.6 Å². The van der Waals surface area contributed by atoms with Crippen LogP contribution in [-0.4, -0.2) is 13.6 Å². The lowest BCUT2D eigenvalue weighted by molar-refractivity contribution is 0.605. The molecule has 1 aromatic rings. The van der Waals surface area contributed by atoms with Crippen molar-refractivity contribution in [1.82, 2.24) is 0 Å². The summed E-state index contributed by atoms with van der Waals surface area (Å²) in [6.45, 7) is 0. The van der Waals surface area contributed by atoms with Crippen molar-refractivity contribution in [2.24, 2.45) is 0 Å². The van der Waals surface area contributed by atoms with E-state index in [4.69, 9.17) is 11.6 Å². The predicted molar refractivity (Wildman–Crippen MR) is 57.4 cm³/mol. The molecule has 1 rings (SSSR count). The van der Waals surface area contributed by atoms with Crippen LogP contribution in [0.5, 0.6) is 0 Å². The first-order valence-corrected chi connectivity index (χ1v) is 6.34. The molecule has 6 heteroatoms. The molecule has 0 amide bonds. The molecule has 0 saturated carbocycles. The van der Waals surface area contributed by atoms with E-state index in [1.807, 2.05) is 0 Å². The Morgan fingerprint density at radius 1 is 1.38 bits per heavy atom. The van der Waals surface area contributed by atoms with Crippen LogP contribution in [0.1, 0.15) is 0 Å². The molecule has 0 fully saturated rings. The van der Waals surface area contributed by atoms with Crippen molar-refractivity contribution >= 4 is 43.2 Å². The molecule has 1 N–H and O–H groups in total. The van der Waals surface area contributed by atoms with Crippen LogP contribution in [0, 0.1) is 0 Å². The first kappa shape index (κ1) is 10.8. The topological polar surface area (TPSA) is 46.2 Å². The molecule has 0 unspecified atom stereocenters. The van der Waals surface area contributed by atoms with Gasteiger partial charge in [-0.3, -0.25) is 4.72 Å². The normalized spacial score (nSPS) is 11.2. The molecule has 0 saturated heterocycles. The van der Waals surface area contributed by atoms with Crippen molar-refractivity contribution in [2.45, 2.75) is 0 Å². The molecule has 0 radical (unpaired) electrons. The van der Waals surface area contributed by atoms with Gasteiger partial charge in [-0.05, 0) is 28.1 Å². The number of rotatable bonds is 3. The average molecular weight is 285 g/mol. The van der Waals surface area contributed by atoms with Crippen molar-refractivity contribution in [2.75, 3.05) is 9.93 Å². The summed E-state index contributed by atoms with van der Waals surface area (Å²) in [4.78, 5) is 0. The van der Waals surface area contributed by atoms with Crippen molar-refractivity contribution < 1.29 is 8.42 Å². The fourth-order valence-corrected chi connectivity index (χ4v) is 1.99. The minimum absolute atomic E-state index is 0.450. The van der Waals surface area contributed by atoms with Crippen molar-refractivity contribution in [3.05, 3.63) is 28.7 Å². The molecule has 1 aromatic carbocycles. The highest BCUT2D eigenvalue weighted by molar-refractivity contribution is 9.10. The SMILES string of the molecule is O=S(=O)(CCl)Nc1ccccc1Br. The van der Waals surface area contributed by atoms with E-state index in [0.29, 0.717) is 10.2 Å². The summed E-state index contributed by atoms with van der Waals surface area (Å²) in [7, 11) is -3.41. The van der Waals surface area contributed by atoms with Gasteiger partial charge < -0.3 is 0 Å². The average Bonchev–Trinajstić information content (AvgIpc) is 2.09. The molecule has 0 heterocycles. The predicted octanol–water partition coefficient (Wildman–Crippen LogP) is 2.39. The number of halogens is 2. The summed E-state index contributed by atoms with van der Waals surface area (Å²) < 4.78 is 25.1. The van der Waals surface area contributed by atoms with E-state index in [2.05, 4.69) is 20.7 Å². The lowest BCUT2D eigenvalue weighted by atomic mass is 10.3. The third kappa shape index (κ3) is 3.17. The van der Waals surface area contributed by atoms with Crippen LogP contribution in [0.25, 0.3) is 0 Å². The van der Waals surface area contributed by atoms with Gasteiger partial charge in [-0.1, -0.05) is 12.1 Å². The Labute approximate surface area is 90.3 Å². The highest BCUT2D eigenvalue weighted by Gasteiger charge is 2.09. The summed E-state index contributed by atoms with van der Waals surface area (Å²) in [5.74, 6) is 0. The third-order valence-electron chi connectivity index (χ3n) is 1.28. The minimum Gasteiger partial charge on any atom is -0.281 e. The zero-order chi connectivity index (χ0) is 9.90. The Bertz CT molecular complexity index is 393. The fraction of sp³-hybridized carbons (Fsp3) is 0.143. The molecule has 0 aliphatic carbocycles.